The first-order valence-corrected chi connectivity index (χ1v) is 14.8. The van der Waals surface area contributed by atoms with Crippen LogP contribution in [0.25, 0.3) is 22.2 Å². The molecular weight excluding hydrogens is 533 g/mol. The van der Waals surface area contributed by atoms with Crippen LogP contribution in [0.3, 0.4) is 0 Å². The van der Waals surface area contributed by atoms with Gasteiger partial charge in [0.15, 0.2) is 11.6 Å². The molecule has 0 unspecified atom stereocenters. The fourth-order valence-electron chi connectivity index (χ4n) is 7.12. The van der Waals surface area contributed by atoms with E-state index in [1.807, 2.05) is 11.1 Å². The Bertz CT molecular complexity index is 1620. The van der Waals surface area contributed by atoms with E-state index in [1.54, 1.807) is 0 Å². The van der Waals surface area contributed by atoms with Crippen LogP contribution in [-0.4, -0.2) is 82.6 Å². The molecule has 0 N–H and O–H groups in total. The molecule has 2 aromatic heterocycles. The molecule has 2 aliphatic heterocycles. The minimum Gasteiger partial charge on any atom is -0.462 e. The van der Waals surface area contributed by atoms with Gasteiger partial charge in [0.05, 0.1) is 24.0 Å². The minimum atomic E-state index is -1.02. The maximum absolute atomic E-state index is 13.8. The SMILES string of the molecule is C=C(F)C(=O)N1CCN(c2nc(OC[C@@H]3CCCN3C)nc3cc(-c4cccc5c4[C@H]4C[C@H]4C5)cnc23)C[C@@H]1CC#N. The number of carbonyl (C=O) groups excluding carboxylic acids is 1. The average Bonchev–Trinajstić information content (AvgIpc) is 3.47. The van der Waals surface area contributed by atoms with Gasteiger partial charge in [-0.05, 0) is 73.9 Å². The lowest BCUT2D eigenvalue weighted by molar-refractivity contribution is -0.131. The van der Waals surface area contributed by atoms with Crippen LogP contribution in [0, 0.1) is 17.2 Å². The maximum Gasteiger partial charge on any atom is 0.319 e. The summed E-state index contributed by atoms with van der Waals surface area (Å²) < 4.78 is 20.0. The molecule has 4 heterocycles. The molecule has 7 rings (SSSR count). The minimum absolute atomic E-state index is 0.0642. The van der Waals surface area contributed by atoms with Crippen LogP contribution >= 0.6 is 0 Å². The number of rotatable bonds is 7. The summed E-state index contributed by atoms with van der Waals surface area (Å²) in [5, 5.41) is 9.47. The molecule has 216 valence electrons. The Morgan fingerprint density at radius 2 is 2.12 bits per heavy atom. The molecule has 1 amide bonds. The van der Waals surface area contributed by atoms with Gasteiger partial charge in [-0.25, -0.2) is 4.39 Å². The predicted octanol–water partition coefficient (Wildman–Crippen LogP) is 4.24. The lowest BCUT2D eigenvalue weighted by atomic mass is 9.95. The summed E-state index contributed by atoms with van der Waals surface area (Å²) in [5.74, 6) is 0.218. The molecule has 3 fully saturated rings. The van der Waals surface area contributed by atoms with E-state index in [9.17, 15) is 14.4 Å². The number of pyridine rings is 1. The number of carbonyl (C=O) groups is 1. The largest absolute Gasteiger partial charge is 0.462 e. The molecular formula is C32H34FN7O2. The highest BCUT2D eigenvalue weighted by atomic mass is 19.1. The number of hydrogen-bond donors (Lipinski definition) is 0. The Hall–Kier alpha value is -4.10. The van der Waals surface area contributed by atoms with Gasteiger partial charge in [0.25, 0.3) is 5.91 Å². The summed E-state index contributed by atoms with van der Waals surface area (Å²) in [6, 6.07) is 10.8. The summed E-state index contributed by atoms with van der Waals surface area (Å²) in [6.07, 6.45) is 6.58. The van der Waals surface area contributed by atoms with E-state index in [0.717, 1.165) is 37.3 Å². The molecule has 1 saturated carbocycles. The summed E-state index contributed by atoms with van der Waals surface area (Å²) in [7, 11) is 2.11. The maximum atomic E-state index is 13.8. The monoisotopic (exact) mass is 567 g/mol. The fourth-order valence-corrected chi connectivity index (χ4v) is 7.12. The van der Waals surface area contributed by atoms with Crippen molar-refractivity contribution < 1.29 is 13.9 Å². The van der Waals surface area contributed by atoms with Gasteiger partial charge < -0.3 is 19.4 Å². The zero-order valence-corrected chi connectivity index (χ0v) is 23.8. The second-order valence-corrected chi connectivity index (χ2v) is 12.1. The van der Waals surface area contributed by atoms with Gasteiger partial charge in [-0.1, -0.05) is 24.8 Å². The number of halogens is 1. The van der Waals surface area contributed by atoms with Crippen molar-refractivity contribution in [2.45, 2.75) is 50.1 Å². The highest BCUT2D eigenvalue weighted by molar-refractivity contribution is 5.92. The van der Waals surface area contributed by atoms with Gasteiger partial charge in [-0.3, -0.25) is 9.78 Å². The van der Waals surface area contributed by atoms with Gasteiger partial charge in [0.1, 0.15) is 12.1 Å². The van der Waals surface area contributed by atoms with Crippen molar-refractivity contribution in [3.63, 3.8) is 0 Å². The van der Waals surface area contributed by atoms with Crippen molar-refractivity contribution in [3.05, 3.63) is 54.0 Å². The first-order chi connectivity index (χ1) is 20.4. The molecule has 2 aliphatic carbocycles. The second-order valence-electron chi connectivity index (χ2n) is 12.1. The van der Waals surface area contributed by atoms with Gasteiger partial charge >= 0.3 is 6.01 Å². The van der Waals surface area contributed by atoms with Crippen molar-refractivity contribution in [2.24, 2.45) is 5.92 Å². The third kappa shape index (κ3) is 4.75. The van der Waals surface area contributed by atoms with Crippen molar-refractivity contribution >= 4 is 22.8 Å². The Kier molecular flexibility index (Phi) is 6.77. The lowest BCUT2D eigenvalue weighted by Crippen LogP contribution is -2.55. The van der Waals surface area contributed by atoms with Crippen LogP contribution < -0.4 is 9.64 Å². The fraction of sp³-hybridized carbons (Fsp3) is 0.469. The highest BCUT2D eigenvalue weighted by Gasteiger charge is 2.46. The zero-order valence-electron chi connectivity index (χ0n) is 23.8. The number of nitrogens with zero attached hydrogens (tertiary/aromatic N) is 7. The van der Waals surface area contributed by atoms with E-state index in [2.05, 4.69) is 48.9 Å². The van der Waals surface area contributed by atoms with Gasteiger partial charge in [0, 0.05) is 37.4 Å². The van der Waals surface area contributed by atoms with Crippen LogP contribution in [0.4, 0.5) is 10.2 Å². The Labute approximate surface area is 244 Å². The van der Waals surface area contributed by atoms with Crippen LogP contribution in [-0.2, 0) is 11.2 Å². The van der Waals surface area contributed by atoms with Crippen molar-refractivity contribution in [3.8, 4) is 23.2 Å². The standard InChI is InChI=1S/C32H34FN7O2/c1-19(33)31(41)40-12-11-39(17-23(40)8-9-34)30-29-27(36-32(37-30)42-18-24-6-4-10-38(24)2)15-22(16-35-29)25-7-3-5-20-13-21-14-26(21)28(20)25/h3,5,7,15-16,21,23-24,26H,1,4,6,8,10-14,17-18H2,2H3/t21-,23+,24+,26+/m1/s1. The Morgan fingerprint density at radius 1 is 1.24 bits per heavy atom. The number of likely N-dealkylation sites (tertiary alicyclic amines) is 1. The van der Waals surface area contributed by atoms with Crippen LogP contribution in [0.2, 0.25) is 0 Å². The van der Waals surface area contributed by atoms with E-state index < -0.39 is 17.8 Å². The van der Waals surface area contributed by atoms with Crippen LogP contribution in [0.5, 0.6) is 6.01 Å². The molecule has 2 saturated heterocycles. The third-order valence-corrected chi connectivity index (χ3v) is 9.46. The smallest absolute Gasteiger partial charge is 0.319 e. The molecule has 0 bridgehead atoms. The van der Waals surface area contributed by atoms with Crippen LogP contribution in [0.1, 0.15) is 42.7 Å². The number of nitriles is 1. The second kappa shape index (κ2) is 10.6. The predicted molar refractivity (Wildman–Crippen MR) is 157 cm³/mol. The van der Waals surface area contributed by atoms with Gasteiger partial charge in [-0.2, -0.15) is 15.2 Å². The van der Waals surface area contributed by atoms with Gasteiger partial charge in [0.2, 0.25) is 0 Å². The molecule has 0 spiro atoms. The number of benzene rings is 1. The number of anilines is 1. The molecule has 9 nitrogen and oxygen atoms in total. The normalized spacial score (nSPS) is 24.8. The molecule has 4 aliphatic rings. The Balaban J connectivity index is 1.26. The van der Waals surface area contributed by atoms with E-state index in [4.69, 9.17) is 19.7 Å². The van der Waals surface area contributed by atoms with Crippen molar-refractivity contribution in [1.29, 1.82) is 5.26 Å². The number of fused-ring (bicyclic) bond motifs is 4. The number of aromatic nitrogens is 3. The molecule has 3 aromatic rings. The molecule has 4 atom stereocenters. The number of piperazine rings is 1. The number of hydrogen-bond acceptors (Lipinski definition) is 8. The van der Waals surface area contributed by atoms with E-state index in [1.165, 1.54) is 28.0 Å². The molecule has 42 heavy (non-hydrogen) atoms. The average molecular weight is 568 g/mol. The van der Waals surface area contributed by atoms with E-state index in [-0.39, 0.29) is 19.0 Å². The lowest BCUT2D eigenvalue weighted by Gasteiger charge is -2.41. The van der Waals surface area contributed by atoms with E-state index in [0.29, 0.717) is 48.5 Å². The molecule has 10 heteroatoms. The zero-order chi connectivity index (χ0) is 29.0. The highest BCUT2D eigenvalue weighted by Crippen LogP contribution is 2.58. The third-order valence-electron chi connectivity index (χ3n) is 9.46. The van der Waals surface area contributed by atoms with Crippen molar-refractivity contribution in [2.75, 3.05) is 44.7 Å². The summed E-state index contributed by atoms with van der Waals surface area (Å²) >= 11 is 0. The summed E-state index contributed by atoms with van der Waals surface area (Å²) in [4.78, 5) is 32.7. The van der Waals surface area contributed by atoms with E-state index >= 15 is 0 Å². The summed E-state index contributed by atoms with van der Waals surface area (Å²) in [5.41, 5.74) is 6.45. The van der Waals surface area contributed by atoms with Crippen LogP contribution in [0.15, 0.2) is 42.9 Å². The summed E-state index contributed by atoms with van der Waals surface area (Å²) in [6.45, 7) is 5.65. The van der Waals surface area contributed by atoms with Crippen molar-refractivity contribution in [1.82, 2.24) is 24.8 Å². The molecule has 1 aromatic carbocycles. The first kappa shape index (κ1) is 26.8. The molecule has 0 radical (unpaired) electrons. The number of ether oxygens (including phenoxy) is 1. The Morgan fingerprint density at radius 3 is 2.90 bits per heavy atom. The number of amides is 1. The van der Waals surface area contributed by atoms with Gasteiger partial charge in [-0.15, -0.1) is 0 Å². The quantitative estimate of drug-likeness (QED) is 0.391. The topological polar surface area (TPSA) is 98.5 Å². The first-order valence-electron chi connectivity index (χ1n) is 14.8. The number of likely N-dealkylation sites (N-methyl/N-ethyl adjacent to an activating group) is 1.